The van der Waals surface area contributed by atoms with E-state index in [0.29, 0.717) is 18.1 Å². The number of halogens is 1. The fourth-order valence-corrected chi connectivity index (χ4v) is 3.78. The highest BCUT2D eigenvalue weighted by molar-refractivity contribution is 5.36. The number of nitriles is 1. The topological polar surface area (TPSA) is 33.0 Å². The predicted octanol–water partition coefficient (Wildman–Crippen LogP) is 6.80. The van der Waals surface area contributed by atoms with Crippen LogP contribution in [0.3, 0.4) is 0 Å². The summed E-state index contributed by atoms with van der Waals surface area (Å²) in [7, 11) is 0. The first-order valence-electron chi connectivity index (χ1n) is 10.2. The normalized spacial score (nSPS) is 20.2. The molecule has 2 rings (SSSR count). The lowest BCUT2D eigenvalue weighted by Gasteiger charge is -2.26. The van der Waals surface area contributed by atoms with Crippen LogP contribution >= 0.6 is 0 Å². The summed E-state index contributed by atoms with van der Waals surface area (Å²) in [6, 6.07) is 6.23. The maximum absolute atomic E-state index is 13.7. The summed E-state index contributed by atoms with van der Waals surface area (Å²) in [5, 5.41) is 8.74. The van der Waals surface area contributed by atoms with Crippen LogP contribution in [0, 0.1) is 29.0 Å². The fourth-order valence-electron chi connectivity index (χ4n) is 3.78. The van der Waals surface area contributed by atoms with E-state index >= 15 is 0 Å². The third kappa shape index (κ3) is 7.20. The molecular weight excluding hydrogens is 325 g/mol. The van der Waals surface area contributed by atoms with Gasteiger partial charge in [-0.1, -0.05) is 57.6 Å². The van der Waals surface area contributed by atoms with Crippen molar-refractivity contribution in [1.82, 2.24) is 0 Å². The van der Waals surface area contributed by atoms with E-state index in [1.807, 2.05) is 12.1 Å². The molecule has 1 aliphatic rings. The first kappa shape index (κ1) is 20.5. The Labute approximate surface area is 158 Å². The molecule has 0 atom stereocenters. The van der Waals surface area contributed by atoms with E-state index < -0.39 is 5.82 Å². The highest BCUT2D eigenvalue weighted by Crippen LogP contribution is 2.32. The lowest BCUT2D eigenvalue weighted by Crippen LogP contribution is -2.13. The van der Waals surface area contributed by atoms with Crippen LogP contribution in [0.2, 0.25) is 0 Å². The van der Waals surface area contributed by atoms with Gasteiger partial charge >= 0.3 is 0 Å². The Morgan fingerprint density at radius 3 is 2.62 bits per heavy atom. The quantitative estimate of drug-likeness (QED) is 0.341. The molecule has 1 saturated carbocycles. The number of allylic oxidation sites excluding steroid dienone is 1. The molecule has 0 spiro atoms. The minimum atomic E-state index is -0.475. The summed E-state index contributed by atoms with van der Waals surface area (Å²) in [4.78, 5) is 0. The van der Waals surface area contributed by atoms with Crippen LogP contribution in [0.1, 0.15) is 76.7 Å². The van der Waals surface area contributed by atoms with Gasteiger partial charge < -0.3 is 4.74 Å². The highest BCUT2D eigenvalue weighted by Gasteiger charge is 2.18. The van der Waals surface area contributed by atoms with E-state index in [0.717, 1.165) is 5.92 Å². The van der Waals surface area contributed by atoms with Crippen LogP contribution in [-0.2, 0) is 0 Å². The number of hydrogen-bond acceptors (Lipinski definition) is 2. The molecule has 0 amide bonds. The third-order valence-corrected chi connectivity index (χ3v) is 5.41. The average molecular weight is 358 g/mol. The summed E-state index contributed by atoms with van der Waals surface area (Å²) in [5.74, 6) is 1.29. The lowest BCUT2D eigenvalue weighted by molar-refractivity contribution is 0.287. The Kier molecular flexibility index (Phi) is 9.24. The number of ether oxygens (including phenoxy) is 1. The predicted molar refractivity (Wildman–Crippen MR) is 105 cm³/mol. The minimum Gasteiger partial charge on any atom is -0.486 e. The Morgan fingerprint density at radius 1 is 1.15 bits per heavy atom. The molecule has 1 aromatic rings. The maximum Gasteiger partial charge on any atom is 0.166 e. The van der Waals surface area contributed by atoms with Crippen molar-refractivity contribution in [2.24, 2.45) is 11.8 Å². The van der Waals surface area contributed by atoms with Crippen LogP contribution in [-0.4, -0.2) is 6.61 Å². The van der Waals surface area contributed by atoms with Crippen LogP contribution in [0.25, 0.3) is 0 Å². The number of hydrogen-bond donors (Lipinski definition) is 0. The first-order chi connectivity index (χ1) is 12.7. The van der Waals surface area contributed by atoms with E-state index in [-0.39, 0.29) is 5.75 Å². The van der Waals surface area contributed by atoms with Gasteiger partial charge in [0, 0.05) is 0 Å². The summed E-state index contributed by atoms with van der Waals surface area (Å²) >= 11 is 0. The molecule has 0 aromatic heterocycles. The zero-order valence-electron chi connectivity index (χ0n) is 16.1. The number of rotatable bonds is 10. The SMILES string of the molecule is CCCCCCCC1CCC(C=CCOc2ccc(C#N)cc2F)CC1. The van der Waals surface area contributed by atoms with Gasteiger partial charge in [-0.25, -0.2) is 4.39 Å². The monoisotopic (exact) mass is 357 g/mol. The van der Waals surface area contributed by atoms with Gasteiger partial charge in [0.15, 0.2) is 11.6 Å². The summed E-state index contributed by atoms with van der Waals surface area (Å²) in [6.45, 7) is 2.64. The van der Waals surface area contributed by atoms with Gasteiger partial charge in [0.25, 0.3) is 0 Å². The molecule has 0 N–H and O–H groups in total. The molecule has 2 nitrogen and oxygen atoms in total. The molecular formula is C23H32FNO. The van der Waals surface area contributed by atoms with Gasteiger partial charge in [-0.05, 0) is 55.7 Å². The largest absolute Gasteiger partial charge is 0.486 e. The van der Waals surface area contributed by atoms with Crippen molar-refractivity contribution in [2.75, 3.05) is 6.61 Å². The number of unbranched alkanes of at least 4 members (excludes halogenated alkanes) is 4. The molecule has 0 unspecified atom stereocenters. The van der Waals surface area contributed by atoms with Crippen molar-refractivity contribution >= 4 is 0 Å². The second kappa shape index (κ2) is 11.7. The molecule has 0 heterocycles. The molecule has 0 bridgehead atoms. The van der Waals surface area contributed by atoms with E-state index in [2.05, 4.69) is 13.0 Å². The van der Waals surface area contributed by atoms with Crippen molar-refractivity contribution in [3.63, 3.8) is 0 Å². The molecule has 0 radical (unpaired) electrons. The summed E-state index contributed by atoms with van der Waals surface area (Å²) in [6.07, 6.45) is 17.8. The minimum absolute atomic E-state index is 0.209. The second-order valence-corrected chi connectivity index (χ2v) is 7.48. The smallest absolute Gasteiger partial charge is 0.166 e. The summed E-state index contributed by atoms with van der Waals surface area (Å²) < 4.78 is 19.2. The Morgan fingerprint density at radius 2 is 1.92 bits per heavy atom. The second-order valence-electron chi connectivity index (χ2n) is 7.48. The Balaban J connectivity index is 1.61. The Bertz CT molecular complexity index is 597. The maximum atomic E-state index is 13.7. The van der Waals surface area contributed by atoms with Gasteiger partial charge in [-0.3, -0.25) is 0 Å². The Hall–Kier alpha value is -1.82. The van der Waals surface area contributed by atoms with Crippen LogP contribution < -0.4 is 4.74 Å². The van der Waals surface area contributed by atoms with Crippen LogP contribution in [0.15, 0.2) is 30.4 Å². The molecule has 1 fully saturated rings. The van der Waals surface area contributed by atoms with Crippen molar-refractivity contribution in [3.05, 3.63) is 41.7 Å². The molecule has 26 heavy (non-hydrogen) atoms. The van der Waals surface area contributed by atoms with E-state index in [1.165, 1.54) is 76.3 Å². The standard InChI is InChI=1S/C23H32FNO/c1-2-3-4-5-6-8-19-10-12-20(13-11-19)9-7-16-26-23-15-14-21(18-25)17-22(23)24/h7,9,14-15,17,19-20H,2-6,8,10-13,16H2,1H3. The van der Waals surface area contributed by atoms with E-state index in [9.17, 15) is 4.39 Å². The zero-order valence-corrected chi connectivity index (χ0v) is 16.1. The molecule has 0 saturated heterocycles. The van der Waals surface area contributed by atoms with Crippen LogP contribution in [0.5, 0.6) is 5.75 Å². The molecule has 1 aliphatic carbocycles. The van der Waals surface area contributed by atoms with Gasteiger partial charge in [-0.15, -0.1) is 0 Å². The molecule has 1 aromatic carbocycles. The van der Waals surface area contributed by atoms with Crippen molar-refractivity contribution < 1.29 is 9.13 Å². The fraction of sp³-hybridized carbons (Fsp3) is 0.609. The van der Waals surface area contributed by atoms with Gasteiger partial charge in [-0.2, -0.15) is 5.26 Å². The van der Waals surface area contributed by atoms with Gasteiger partial charge in [0.2, 0.25) is 0 Å². The average Bonchev–Trinajstić information content (AvgIpc) is 2.67. The number of benzene rings is 1. The third-order valence-electron chi connectivity index (χ3n) is 5.41. The molecule has 3 heteroatoms. The summed E-state index contributed by atoms with van der Waals surface area (Å²) in [5.41, 5.74) is 0.313. The van der Waals surface area contributed by atoms with Crippen LogP contribution in [0.4, 0.5) is 4.39 Å². The van der Waals surface area contributed by atoms with Gasteiger partial charge in [0.1, 0.15) is 6.61 Å². The first-order valence-corrected chi connectivity index (χ1v) is 10.2. The van der Waals surface area contributed by atoms with Gasteiger partial charge in [0.05, 0.1) is 11.6 Å². The van der Waals surface area contributed by atoms with Crippen molar-refractivity contribution in [2.45, 2.75) is 71.1 Å². The molecule has 142 valence electrons. The highest BCUT2D eigenvalue weighted by atomic mass is 19.1. The van der Waals surface area contributed by atoms with Crippen molar-refractivity contribution in [1.29, 1.82) is 5.26 Å². The zero-order chi connectivity index (χ0) is 18.6. The lowest BCUT2D eigenvalue weighted by atomic mass is 9.79. The van der Waals surface area contributed by atoms with Crippen molar-refractivity contribution in [3.8, 4) is 11.8 Å². The number of nitrogens with zero attached hydrogens (tertiary/aromatic N) is 1. The van der Waals surface area contributed by atoms with E-state index in [4.69, 9.17) is 10.00 Å². The van der Waals surface area contributed by atoms with E-state index in [1.54, 1.807) is 6.07 Å². The molecule has 0 aliphatic heterocycles.